The van der Waals surface area contributed by atoms with E-state index in [1.807, 2.05) is 0 Å². The molecule has 9 heteroatoms. The molecule has 0 saturated carbocycles. The maximum atomic E-state index is 10.8. The molecular formula is C9H11NO8. The summed E-state index contributed by atoms with van der Waals surface area (Å²) >= 11 is 0. The maximum Gasteiger partial charge on any atom is 0.351 e. The Balaban J connectivity index is 5.13. The molecule has 0 atom stereocenters. The highest BCUT2D eigenvalue weighted by molar-refractivity contribution is 5.88. The normalized spacial score (nSPS) is 10.8. The maximum absolute atomic E-state index is 10.8. The Morgan fingerprint density at radius 3 is 1.56 bits per heavy atom. The van der Waals surface area contributed by atoms with Gasteiger partial charge in [-0.2, -0.15) is 0 Å². The van der Waals surface area contributed by atoms with Gasteiger partial charge in [0.25, 0.3) is 0 Å². The highest BCUT2D eigenvalue weighted by Gasteiger charge is 2.21. The van der Waals surface area contributed by atoms with Crippen molar-refractivity contribution in [2.75, 3.05) is 13.1 Å². The first-order valence-electron chi connectivity index (χ1n) is 4.57. The molecule has 18 heavy (non-hydrogen) atoms. The molecule has 0 unspecified atom stereocenters. The third kappa shape index (κ3) is 6.10. The van der Waals surface area contributed by atoms with Crippen LogP contribution >= 0.6 is 0 Å². The van der Waals surface area contributed by atoms with Gasteiger partial charge in [0, 0.05) is 0 Å². The van der Waals surface area contributed by atoms with Gasteiger partial charge in [0.05, 0.1) is 6.42 Å². The Labute approximate surface area is 101 Å². The van der Waals surface area contributed by atoms with Crippen LogP contribution in [0.15, 0.2) is 11.8 Å². The van der Waals surface area contributed by atoms with Crippen molar-refractivity contribution in [2.24, 2.45) is 0 Å². The van der Waals surface area contributed by atoms with Crippen LogP contribution in [-0.4, -0.2) is 62.3 Å². The molecule has 0 aliphatic carbocycles. The lowest BCUT2D eigenvalue weighted by Gasteiger charge is -2.20. The van der Waals surface area contributed by atoms with E-state index >= 15 is 0 Å². The van der Waals surface area contributed by atoms with Crippen molar-refractivity contribution < 1.29 is 39.6 Å². The molecule has 0 aliphatic rings. The third-order valence-corrected chi connectivity index (χ3v) is 1.68. The number of carboxylic acid groups (broad SMARTS) is 4. The van der Waals surface area contributed by atoms with Gasteiger partial charge in [-0.15, -0.1) is 0 Å². The second kappa shape index (κ2) is 6.89. The number of nitrogens with zero attached hydrogens (tertiary/aromatic N) is 1. The van der Waals surface area contributed by atoms with Crippen molar-refractivity contribution in [3.05, 3.63) is 11.8 Å². The van der Waals surface area contributed by atoms with E-state index in [1.165, 1.54) is 0 Å². The highest BCUT2D eigenvalue weighted by atomic mass is 16.4. The van der Waals surface area contributed by atoms with E-state index in [2.05, 4.69) is 0 Å². The smallest absolute Gasteiger partial charge is 0.351 e. The largest absolute Gasteiger partial charge is 0.481 e. The minimum absolute atomic E-state index is 0.552. The van der Waals surface area contributed by atoms with Gasteiger partial charge in [-0.1, -0.05) is 0 Å². The molecule has 100 valence electrons. The lowest BCUT2D eigenvalue weighted by molar-refractivity contribution is -0.142. The van der Waals surface area contributed by atoms with Crippen molar-refractivity contribution in [2.45, 2.75) is 6.42 Å². The van der Waals surface area contributed by atoms with Crippen molar-refractivity contribution in [3.63, 3.8) is 0 Å². The average Bonchev–Trinajstić information content (AvgIpc) is 2.14. The number of hydrogen-bond acceptors (Lipinski definition) is 5. The second-order valence-corrected chi connectivity index (χ2v) is 3.14. The first-order valence-corrected chi connectivity index (χ1v) is 4.57. The van der Waals surface area contributed by atoms with Crippen LogP contribution in [0.3, 0.4) is 0 Å². The van der Waals surface area contributed by atoms with Crippen LogP contribution in [0.4, 0.5) is 0 Å². The molecule has 0 heterocycles. The van der Waals surface area contributed by atoms with Crippen LogP contribution in [0, 0.1) is 0 Å². The monoisotopic (exact) mass is 261 g/mol. The molecule has 0 amide bonds. The summed E-state index contributed by atoms with van der Waals surface area (Å²) in [7, 11) is 0. The minimum atomic E-state index is -1.60. The zero-order chi connectivity index (χ0) is 14.3. The lowest BCUT2D eigenvalue weighted by Crippen LogP contribution is -2.36. The van der Waals surface area contributed by atoms with E-state index in [4.69, 9.17) is 20.4 Å². The zero-order valence-electron chi connectivity index (χ0n) is 9.07. The molecular weight excluding hydrogens is 250 g/mol. The fraction of sp³-hybridized carbons (Fsp3) is 0.333. The molecule has 0 rings (SSSR count). The SMILES string of the molecule is O=C(O)CC=C(C(=O)O)N(CC(=O)O)CC(=O)O. The van der Waals surface area contributed by atoms with Gasteiger partial charge in [0.15, 0.2) is 0 Å². The Hall–Kier alpha value is -2.58. The van der Waals surface area contributed by atoms with Gasteiger partial charge in [0.1, 0.15) is 18.8 Å². The molecule has 0 aliphatic heterocycles. The summed E-state index contributed by atoms with van der Waals surface area (Å²) in [5.41, 5.74) is -0.679. The topological polar surface area (TPSA) is 152 Å². The van der Waals surface area contributed by atoms with Gasteiger partial charge < -0.3 is 25.3 Å². The van der Waals surface area contributed by atoms with Crippen molar-refractivity contribution in [1.29, 1.82) is 0 Å². The summed E-state index contributed by atoms with van der Waals surface area (Å²) in [5.74, 6) is -5.78. The average molecular weight is 261 g/mol. The number of rotatable bonds is 8. The van der Waals surface area contributed by atoms with E-state index in [9.17, 15) is 19.2 Å². The first-order chi connectivity index (χ1) is 8.23. The Kier molecular flexibility index (Phi) is 5.90. The van der Waals surface area contributed by atoms with Gasteiger partial charge >= 0.3 is 23.9 Å². The standard InChI is InChI=1S/C9H11NO8/c11-6(12)2-1-5(9(17)18)10(3-7(13)14)4-8(15)16/h1H,2-4H2,(H,11,12)(H,13,14)(H,15,16)(H,17,18). The van der Waals surface area contributed by atoms with E-state index in [0.717, 1.165) is 6.08 Å². The Morgan fingerprint density at radius 1 is 0.833 bits per heavy atom. The summed E-state index contributed by atoms with van der Waals surface area (Å²) < 4.78 is 0. The summed E-state index contributed by atoms with van der Waals surface area (Å²) in [4.78, 5) is 42.7. The van der Waals surface area contributed by atoms with Gasteiger partial charge in [-0.3, -0.25) is 14.4 Å². The van der Waals surface area contributed by atoms with Crippen LogP contribution in [0.1, 0.15) is 6.42 Å². The minimum Gasteiger partial charge on any atom is -0.481 e. The number of carbonyl (C=O) groups is 4. The summed E-state index contributed by atoms with van der Waals surface area (Å²) in [6.45, 7) is -1.71. The summed E-state index contributed by atoms with van der Waals surface area (Å²) in [6, 6.07) is 0. The molecule has 0 fully saturated rings. The zero-order valence-corrected chi connectivity index (χ0v) is 9.07. The quantitative estimate of drug-likeness (QED) is 0.399. The Bertz CT molecular complexity index is 383. The number of aliphatic carboxylic acids is 4. The molecule has 4 N–H and O–H groups in total. The van der Waals surface area contributed by atoms with Crippen molar-refractivity contribution >= 4 is 23.9 Å². The summed E-state index contributed by atoms with van der Waals surface area (Å²) in [6.07, 6.45) is 0.0912. The van der Waals surface area contributed by atoms with Crippen molar-refractivity contribution in [3.8, 4) is 0 Å². The van der Waals surface area contributed by atoms with Gasteiger partial charge in [0.2, 0.25) is 0 Å². The number of carboxylic acids is 4. The number of hydrogen-bond donors (Lipinski definition) is 4. The summed E-state index contributed by atoms with van der Waals surface area (Å²) in [5, 5.41) is 34.3. The molecule has 0 spiro atoms. The predicted octanol–water partition coefficient (Wildman–Crippen LogP) is -1.10. The van der Waals surface area contributed by atoms with Crippen LogP contribution < -0.4 is 0 Å². The van der Waals surface area contributed by atoms with E-state index in [-0.39, 0.29) is 0 Å². The molecule has 9 nitrogen and oxygen atoms in total. The fourth-order valence-corrected chi connectivity index (χ4v) is 1.09. The molecule has 0 radical (unpaired) electrons. The lowest BCUT2D eigenvalue weighted by atomic mass is 10.2. The van der Waals surface area contributed by atoms with Crippen molar-refractivity contribution in [1.82, 2.24) is 4.90 Å². The molecule has 0 bridgehead atoms. The van der Waals surface area contributed by atoms with Gasteiger partial charge in [-0.25, -0.2) is 4.79 Å². The predicted molar refractivity (Wildman–Crippen MR) is 54.8 cm³/mol. The fourth-order valence-electron chi connectivity index (χ4n) is 1.09. The Morgan fingerprint density at radius 2 is 1.28 bits per heavy atom. The van der Waals surface area contributed by atoms with E-state index < -0.39 is 49.1 Å². The molecule has 0 aromatic carbocycles. The van der Waals surface area contributed by atoms with Crippen LogP contribution in [0.25, 0.3) is 0 Å². The van der Waals surface area contributed by atoms with E-state index in [0.29, 0.717) is 4.90 Å². The van der Waals surface area contributed by atoms with E-state index in [1.54, 1.807) is 0 Å². The first kappa shape index (κ1) is 15.4. The second-order valence-electron chi connectivity index (χ2n) is 3.14. The van der Waals surface area contributed by atoms with Crippen LogP contribution in [0.5, 0.6) is 0 Å². The van der Waals surface area contributed by atoms with Gasteiger partial charge in [-0.05, 0) is 6.08 Å². The molecule has 0 saturated heterocycles. The third-order valence-electron chi connectivity index (χ3n) is 1.68. The highest BCUT2D eigenvalue weighted by Crippen LogP contribution is 2.06. The molecule has 0 aromatic rings. The van der Waals surface area contributed by atoms with Crippen LogP contribution in [0.2, 0.25) is 0 Å². The van der Waals surface area contributed by atoms with Crippen LogP contribution in [-0.2, 0) is 19.2 Å². The molecule has 0 aromatic heterocycles.